The molecule has 2 atom stereocenters. The lowest BCUT2D eigenvalue weighted by Crippen LogP contribution is -2.44. The van der Waals surface area contributed by atoms with Crippen molar-refractivity contribution >= 4 is 11.3 Å². The minimum absolute atomic E-state index is 0.411. The molecule has 1 fully saturated rings. The van der Waals surface area contributed by atoms with Gasteiger partial charge in [-0.2, -0.15) is 11.3 Å². The maximum absolute atomic E-state index is 5.88. The molecule has 1 aromatic rings. The van der Waals surface area contributed by atoms with Crippen LogP contribution in [0.5, 0.6) is 0 Å². The topological polar surface area (TPSA) is 21.3 Å². The van der Waals surface area contributed by atoms with E-state index in [2.05, 4.69) is 29.1 Å². The average Bonchev–Trinajstić information content (AvgIpc) is 2.83. The third kappa shape index (κ3) is 3.30. The van der Waals surface area contributed by atoms with E-state index in [1.165, 1.54) is 24.8 Å². The Morgan fingerprint density at radius 1 is 1.56 bits per heavy atom. The Balaban J connectivity index is 1.92. The highest BCUT2D eigenvalue weighted by atomic mass is 32.1. The van der Waals surface area contributed by atoms with Crippen LogP contribution in [0.3, 0.4) is 0 Å². The number of hydrogen-bond donors (Lipinski definition) is 1. The zero-order valence-corrected chi connectivity index (χ0v) is 10.8. The van der Waals surface area contributed by atoms with Crippen LogP contribution in [0.1, 0.15) is 31.7 Å². The summed E-state index contributed by atoms with van der Waals surface area (Å²) in [6.07, 6.45) is 5.27. The van der Waals surface area contributed by atoms with Crippen LogP contribution in [0, 0.1) is 0 Å². The van der Waals surface area contributed by atoms with Gasteiger partial charge in [-0.05, 0) is 54.6 Å². The number of hydrogen-bond acceptors (Lipinski definition) is 3. The van der Waals surface area contributed by atoms with Crippen molar-refractivity contribution in [3.8, 4) is 0 Å². The van der Waals surface area contributed by atoms with E-state index in [0.717, 1.165) is 19.6 Å². The van der Waals surface area contributed by atoms with Gasteiger partial charge in [-0.3, -0.25) is 0 Å². The number of ether oxygens (including phenoxy) is 1. The molecule has 2 nitrogen and oxygen atoms in total. The Bertz CT molecular complexity index is 280. The van der Waals surface area contributed by atoms with Gasteiger partial charge in [0.2, 0.25) is 0 Å². The summed E-state index contributed by atoms with van der Waals surface area (Å²) in [4.78, 5) is 0. The largest absolute Gasteiger partial charge is 0.377 e. The number of thiophene rings is 1. The van der Waals surface area contributed by atoms with Crippen LogP contribution < -0.4 is 5.32 Å². The lowest BCUT2D eigenvalue weighted by Gasteiger charge is -2.31. The molecular formula is C13H21NOS. The normalized spacial score (nSPS) is 23.2. The fourth-order valence-corrected chi connectivity index (χ4v) is 3.02. The van der Waals surface area contributed by atoms with E-state index >= 15 is 0 Å². The number of rotatable bonds is 5. The van der Waals surface area contributed by atoms with Crippen LogP contribution in [-0.2, 0) is 11.2 Å². The van der Waals surface area contributed by atoms with Crippen molar-refractivity contribution in [1.29, 1.82) is 0 Å². The van der Waals surface area contributed by atoms with Crippen molar-refractivity contribution in [2.45, 2.75) is 44.8 Å². The van der Waals surface area contributed by atoms with E-state index < -0.39 is 0 Å². The van der Waals surface area contributed by atoms with Crippen LogP contribution in [0.25, 0.3) is 0 Å². The molecular weight excluding hydrogens is 218 g/mol. The lowest BCUT2D eigenvalue weighted by molar-refractivity contribution is -0.00707. The van der Waals surface area contributed by atoms with Crippen LogP contribution in [0.4, 0.5) is 0 Å². The maximum atomic E-state index is 5.88. The van der Waals surface area contributed by atoms with Crippen molar-refractivity contribution in [1.82, 2.24) is 5.32 Å². The highest BCUT2D eigenvalue weighted by molar-refractivity contribution is 7.07. The summed E-state index contributed by atoms with van der Waals surface area (Å²) in [5, 5.41) is 7.97. The first kappa shape index (κ1) is 12.1. The van der Waals surface area contributed by atoms with Crippen LogP contribution in [0.15, 0.2) is 16.8 Å². The molecule has 0 bridgehead atoms. The molecule has 2 rings (SSSR count). The SMILES string of the molecule is CCNC(Cc1ccsc1)C1CCCCO1. The van der Waals surface area contributed by atoms with E-state index in [-0.39, 0.29) is 0 Å². The van der Waals surface area contributed by atoms with E-state index in [1.807, 2.05) is 0 Å². The molecule has 3 heteroatoms. The summed E-state index contributed by atoms with van der Waals surface area (Å²) >= 11 is 1.78. The Kier molecular flexibility index (Phi) is 4.82. The fraction of sp³-hybridized carbons (Fsp3) is 0.692. The fourth-order valence-electron chi connectivity index (χ4n) is 2.34. The first-order valence-corrected chi connectivity index (χ1v) is 7.20. The van der Waals surface area contributed by atoms with Gasteiger partial charge < -0.3 is 10.1 Å². The molecule has 0 amide bonds. The molecule has 2 heterocycles. The Morgan fingerprint density at radius 3 is 3.12 bits per heavy atom. The second kappa shape index (κ2) is 6.38. The molecule has 1 aromatic heterocycles. The molecule has 0 radical (unpaired) electrons. The molecule has 1 aliphatic rings. The van der Waals surface area contributed by atoms with Crippen molar-refractivity contribution in [2.24, 2.45) is 0 Å². The van der Waals surface area contributed by atoms with Crippen molar-refractivity contribution in [2.75, 3.05) is 13.2 Å². The number of nitrogens with one attached hydrogen (secondary N) is 1. The third-order valence-corrected chi connectivity index (χ3v) is 3.90. The van der Waals surface area contributed by atoms with Crippen LogP contribution in [-0.4, -0.2) is 25.3 Å². The van der Waals surface area contributed by atoms with E-state index in [0.29, 0.717) is 12.1 Å². The second-order valence-electron chi connectivity index (χ2n) is 4.40. The van der Waals surface area contributed by atoms with Gasteiger partial charge in [-0.1, -0.05) is 6.92 Å². The molecule has 1 saturated heterocycles. The van der Waals surface area contributed by atoms with Crippen molar-refractivity contribution in [3.05, 3.63) is 22.4 Å². The molecule has 0 aromatic carbocycles. The van der Waals surface area contributed by atoms with Gasteiger partial charge in [0, 0.05) is 12.6 Å². The summed E-state index contributed by atoms with van der Waals surface area (Å²) in [5.41, 5.74) is 1.44. The molecule has 0 aliphatic carbocycles. The smallest absolute Gasteiger partial charge is 0.0731 e. The monoisotopic (exact) mass is 239 g/mol. The molecule has 16 heavy (non-hydrogen) atoms. The van der Waals surface area contributed by atoms with Gasteiger partial charge in [-0.15, -0.1) is 0 Å². The van der Waals surface area contributed by atoms with Crippen molar-refractivity contribution < 1.29 is 4.74 Å². The van der Waals surface area contributed by atoms with Gasteiger partial charge in [0.15, 0.2) is 0 Å². The van der Waals surface area contributed by atoms with E-state index in [1.54, 1.807) is 11.3 Å². The number of likely N-dealkylation sites (N-methyl/N-ethyl adjacent to an activating group) is 1. The standard InChI is InChI=1S/C13H21NOS/c1-2-14-12(9-11-6-8-16-10-11)13-5-3-4-7-15-13/h6,8,10,12-14H,2-5,7,9H2,1H3. The molecule has 0 spiro atoms. The van der Waals surface area contributed by atoms with Gasteiger partial charge in [-0.25, -0.2) is 0 Å². The summed E-state index contributed by atoms with van der Waals surface area (Å²) in [5.74, 6) is 0. The quantitative estimate of drug-likeness (QED) is 0.853. The summed E-state index contributed by atoms with van der Waals surface area (Å²) in [6.45, 7) is 4.13. The van der Waals surface area contributed by atoms with Gasteiger partial charge in [0.1, 0.15) is 0 Å². The Morgan fingerprint density at radius 2 is 2.50 bits per heavy atom. The Labute approximate surface area is 102 Å². The van der Waals surface area contributed by atoms with Crippen LogP contribution in [0.2, 0.25) is 0 Å². The predicted octanol–water partition coefficient (Wildman–Crippen LogP) is 2.84. The van der Waals surface area contributed by atoms with Crippen LogP contribution >= 0.6 is 11.3 Å². The zero-order valence-electron chi connectivity index (χ0n) is 9.95. The second-order valence-corrected chi connectivity index (χ2v) is 5.18. The van der Waals surface area contributed by atoms with Gasteiger partial charge >= 0.3 is 0 Å². The minimum atomic E-state index is 0.411. The van der Waals surface area contributed by atoms with Gasteiger partial charge in [0.25, 0.3) is 0 Å². The van der Waals surface area contributed by atoms with Crippen molar-refractivity contribution in [3.63, 3.8) is 0 Å². The summed E-state index contributed by atoms with van der Waals surface area (Å²) in [6, 6.07) is 2.71. The Hall–Kier alpha value is -0.380. The first-order valence-electron chi connectivity index (χ1n) is 6.26. The third-order valence-electron chi connectivity index (χ3n) is 3.17. The zero-order chi connectivity index (χ0) is 11.2. The lowest BCUT2D eigenvalue weighted by atomic mass is 9.97. The summed E-state index contributed by atoms with van der Waals surface area (Å²) < 4.78 is 5.88. The predicted molar refractivity (Wildman–Crippen MR) is 69.1 cm³/mol. The highest BCUT2D eigenvalue weighted by Gasteiger charge is 2.23. The summed E-state index contributed by atoms with van der Waals surface area (Å²) in [7, 11) is 0. The molecule has 2 unspecified atom stereocenters. The molecule has 1 N–H and O–H groups in total. The van der Waals surface area contributed by atoms with E-state index in [9.17, 15) is 0 Å². The van der Waals surface area contributed by atoms with E-state index in [4.69, 9.17) is 4.74 Å². The average molecular weight is 239 g/mol. The molecule has 0 saturated carbocycles. The maximum Gasteiger partial charge on any atom is 0.0731 e. The highest BCUT2D eigenvalue weighted by Crippen LogP contribution is 2.19. The van der Waals surface area contributed by atoms with Gasteiger partial charge in [0.05, 0.1) is 6.10 Å². The minimum Gasteiger partial charge on any atom is -0.377 e. The first-order chi connectivity index (χ1) is 7.90. The molecule has 90 valence electrons. The molecule has 1 aliphatic heterocycles.